The first-order chi connectivity index (χ1) is 7.04. The molecule has 0 aromatic heterocycles. The van der Waals surface area contributed by atoms with E-state index in [2.05, 4.69) is 10.6 Å². The number of hydrogen-bond donors (Lipinski definition) is 3. The van der Waals surface area contributed by atoms with Crippen LogP contribution in [0.25, 0.3) is 0 Å². The van der Waals surface area contributed by atoms with Crippen LogP contribution in [0.2, 0.25) is 0 Å². The van der Waals surface area contributed by atoms with Gasteiger partial charge in [0.15, 0.2) is 0 Å². The number of rotatable bonds is 7. The van der Waals surface area contributed by atoms with E-state index in [0.717, 1.165) is 6.29 Å². The van der Waals surface area contributed by atoms with E-state index in [4.69, 9.17) is 5.11 Å². The normalized spacial score (nSPS) is 14.7. The lowest BCUT2D eigenvalue weighted by molar-refractivity contribution is -0.126. The molecule has 0 aromatic rings. The average molecular weight is 216 g/mol. The van der Waals surface area contributed by atoms with E-state index in [0.29, 0.717) is 12.3 Å². The fourth-order valence-electron chi connectivity index (χ4n) is 1.24. The third-order valence-corrected chi connectivity index (χ3v) is 2.06. The summed E-state index contributed by atoms with van der Waals surface area (Å²) in [6.07, 6.45) is 1.33. The molecule has 0 aliphatic rings. The average Bonchev–Trinajstić information content (AvgIpc) is 2.17. The maximum atomic E-state index is 11.5. The van der Waals surface area contributed by atoms with Crippen LogP contribution < -0.4 is 10.6 Å². The molecule has 2 atom stereocenters. The minimum atomic E-state index is -0.653. The molecule has 88 valence electrons. The molecule has 0 saturated heterocycles. The molecule has 0 aliphatic heterocycles. The SMILES string of the molecule is CN[C@@H](CO)C(=O)N[C@H](C=O)CC(C)C. The number of aliphatic hydroxyl groups excluding tert-OH is 1. The molecule has 0 spiro atoms. The van der Waals surface area contributed by atoms with Crippen LogP contribution >= 0.6 is 0 Å². The molecular formula is C10H20N2O3. The first-order valence-electron chi connectivity index (χ1n) is 5.08. The van der Waals surface area contributed by atoms with Crippen molar-refractivity contribution in [1.82, 2.24) is 10.6 Å². The summed E-state index contributed by atoms with van der Waals surface area (Å²) in [6.45, 7) is 3.67. The monoisotopic (exact) mass is 216 g/mol. The van der Waals surface area contributed by atoms with Crippen molar-refractivity contribution in [3.05, 3.63) is 0 Å². The molecule has 0 radical (unpaired) electrons. The lowest BCUT2D eigenvalue weighted by atomic mass is 10.0. The van der Waals surface area contributed by atoms with E-state index in [1.54, 1.807) is 7.05 Å². The largest absolute Gasteiger partial charge is 0.394 e. The molecule has 15 heavy (non-hydrogen) atoms. The molecule has 0 aliphatic carbocycles. The predicted molar refractivity (Wildman–Crippen MR) is 57.4 cm³/mol. The highest BCUT2D eigenvalue weighted by Crippen LogP contribution is 2.02. The molecule has 0 saturated carbocycles. The Bertz CT molecular complexity index is 203. The second-order valence-corrected chi connectivity index (χ2v) is 3.90. The van der Waals surface area contributed by atoms with Crippen LogP contribution in [-0.2, 0) is 9.59 Å². The third-order valence-electron chi connectivity index (χ3n) is 2.06. The summed E-state index contributed by atoms with van der Waals surface area (Å²) in [6, 6.07) is -1.13. The summed E-state index contributed by atoms with van der Waals surface area (Å²) in [5.74, 6) is -0.0135. The Balaban J connectivity index is 4.16. The van der Waals surface area contributed by atoms with E-state index >= 15 is 0 Å². The van der Waals surface area contributed by atoms with Gasteiger partial charge in [0.05, 0.1) is 12.6 Å². The van der Waals surface area contributed by atoms with Gasteiger partial charge in [0.1, 0.15) is 12.3 Å². The first kappa shape index (κ1) is 14.1. The Labute approximate surface area is 90.2 Å². The van der Waals surface area contributed by atoms with Gasteiger partial charge in [-0.25, -0.2) is 0 Å². The van der Waals surface area contributed by atoms with Crippen molar-refractivity contribution in [3.8, 4) is 0 Å². The number of hydrogen-bond acceptors (Lipinski definition) is 4. The lowest BCUT2D eigenvalue weighted by Gasteiger charge is -2.18. The standard InChI is InChI=1S/C10H20N2O3/c1-7(2)4-8(5-13)12-10(15)9(6-14)11-3/h5,7-9,11,14H,4,6H2,1-3H3,(H,12,15)/t8-,9-/m0/s1. The van der Waals surface area contributed by atoms with Crippen LogP contribution in [0.5, 0.6) is 0 Å². The van der Waals surface area contributed by atoms with Crippen LogP contribution in [0.15, 0.2) is 0 Å². The van der Waals surface area contributed by atoms with Gasteiger partial charge in [0.2, 0.25) is 5.91 Å². The van der Waals surface area contributed by atoms with Crippen LogP contribution in [0.3, 0.4) is 0 Å². The molecule has 3 N–H and O–H groups in total. The second kappa shape index (κ2) is 7.36. The van der Waals surface area contributed by atoms with Crippen LogP contribution in [0, 0.1) is 5.92 Å². The zero-order valence-electron chi connectivity index (χ0n) is 9.49. The lowest BCUT2D eigenvalue weighted by Crippen LogP contribution is -2.49. The van der Waals surface area contributed by atoms with Gasteiger partial charge in [-0.1, -0.05) is 13.8 Å². The summed E-state index contributed by atoms with van der Waals surface area (Å²) in [5.41, 5.74) is 0. The molecule has 0 rings (SSSR count). The highest BCUT2D eigenvalue weighted by molar-refractivity contribution is 5.84. The molecule has 0 aromatic carbocycles. The zero-order valence-corrected chi connectivity index (χ0v) is 9.49. The van der Waals surface area contributed by atoms with Crippen LogP contribution in [0.4, 0.5) is 0 Å². The van der Waals surface area contributed by atoms with E-state index < -0.39 is 12.1 Å². The van der Waals surface area contributed by atoms with Crippen molar-refractivity contribution in [1.29, 1.82) is 0 Å². The van der Waals surface area contributed by atoms with Crippen molar-refractivity contribution in [3.63, 3.8) is 0 Å². The smallest absolute Gasteiger partial charge is 0.240 e. The van der Waals surface area contributed by atoms with E-state index in [1.165, 1.54) is 0 Å². The van der Waals surface area contributed by atoms with Crippen molar-refractivity contribution in [2.24, 2.45) is 5.92 Å². The molecular weight excluding hydrogens is 196 g/mol. The fraction of sp³-hybridized carbons (Fsp3) is 0.800. The van der Waals surface area contributed by atoms with Gasteiger partial charge in [0, 0.05) is 0 Å². The Morgan fingerprint density at radius 1 is 1.47 bits per heavy atom. The van der Waals surface area contributed by atoms with Crippen molar-refractivity contribution in [2.45, 2.75) is 32.4 Å². The maximum absolute atomic E-state index is 11.5. The van der Waals surface area contributed by atoms with Crippen LogP contribution in [0.1, 0.15) is 20.3 Å². The predicted octanol–water partition coefficient (Wildman–Crippen LogP) is -0.703. The van der Waals surface area contributed by atoms with E-state index in [1.807, 2.05) is 13.8 Å². The van der Waals surface area contributed by atoms with Crippen molar-refractivity contribution < 1.29 is 14.7 Å². The number of carbonyl (C=O) groups excluding carboxylic acids is 2. The van der Waals surface area contributed by atoms with Gasteiger partial charge in [-0.3, -0.25) is 4.79 Å². The highest BCUT2D eigenvalue weighted by Gasteiger charge is 2.19. The summed E-state index contributed by atoms with van der Waals surface area (Å²) < 4.78 is 0. The van der Waals surface area contributed by atoms with Crippen LogP contribution in [-0.4, -0.2) is 43.0 Å². The molecule has 1 amide bonds. The molecule has 0 heterocycles. The molecule has 0 bridgehead atoms. The number of aliphatic hydroxyl groups is 1. The van der Waals surface area contributed by atoms with E-state index in [-0.39, 0.29) is 12.5 Å². The highest BCUT2D eigenvalue weighted by atomic mass is 16.3. The quantitative estimate of drug-likeness (QED) is 0.492. The Morgan fingerprint density at radius 3 is 2.40 bits per heavy atom. The zero-order chi connectivity index (χ0) is 11.8. The minimum Gasteiger partial charge on any atom is -0.394 e. The van der Waals surface area contributed by atoms with Gasteiger partial charge in [-0.15, -0.1) is 0 Å². The minimum absolute atomic E-state index is 0.282. The molecule has 0 fully saturated rings. The topological polar surface area (TPSA) is 78.4 Å². The number of carbonyl (C=O) groups is 2. The summed E-state index contributed by atoms with van der Waals surface area (Å²) in [4.78, 5) is 22.1. The number of aldehydes is 1. The Kier molecular flexibility index (Phi) is 6.90. The second-order valence-electron chi connectivity index (χ2n) is 3.90. The van der Waals surface area contributed by atoms with Gasteiger partial charge in [-0.05, 0) is 19.4 Å². The van der Waals surface area contributed by atoms with Gasteiger partial charge in [-0.2, -0.15) is 0 Å². The Hall–Kier alpha value is -0.940. The fourth-order valence-corrected chi connectivity index (χ4v) is 1.24. The third kappa shape index (κ3) is 5.49. The summed E-state index contributed by atoms with van der Waals surface area (Å²) >= 11 is 0. The summed E-state index contributed by atoms with van der Waals surface area (Å²) in [7, 11) is 1.58. The number of amides is 1. The molecule has 5 heteroatoms. The number of nitrogens with one attached hydrogen (secondary N) is 2. The Morgan fingerprint density at radius 2 is 2.07 bits per heavy atom. The van der Waals surface area contributed by atoms with Crippen molar-refractivity contribution in [2.75, 3.05) is 13.7 Å². The molecule has 0 unspecified atom stereocenters. The van der Waals surface area contributed by atoms with Gasteiger partial charge >= 0.3 is 0 Å². The first-order valence-corrected chi connectivity index (χ1v) is 5.08. The maximum Gasteiger partial charge on any atom is 0.240 e. The molecule has 5 nitrogen and oxygen atoms in total. The van der Waals surface area contributed by atoms with E-state index in [9.17, 15) is 9.59 Å². The summed E-state index contributed by atoms with van der Waals surface area (Å²) in [5, 5.41) is 14.1. The van der Waals surface area contributed by atoms with Gasteiger partial charge in [0.25, 0.3) is 0 Å². The number of likely N-dealkylation sites (N-methyl/N-ethyl adjacent to an activating group) is 1. The van der Waals surface area contributed by atoms with Gasteiger partial charge < -0.3 is 20.5 Å². The van der Waals surface area contributed by atoms with Crippen molar-refractivity contribution >= 4 is 12.2 Å².